The van der Waals surface area contributed by atoms with Crippen LogP contribution < -0.4 is 22.3 Å². The van der Waals surface area contributed by atoms with Gasteiger partial charge in [0.05, 0.1) is 21.6 Å². The number of primary amides is 1. The molecule has 1 amide bonds. The van der Waals surface area contributed by atoms with E-state index in [1.807, 2.05) is 13.0 Å². The number of nitrogen functional groups attached to an aromatic ring is 1. The number of amides is 1. The maximum absolute atomic E-state index is 13.5. The average molecular weight is 500 g/mol. The van der Waals surface area contributed by atoms with E-state index in [9.17, 15) is 18.4 Å². The Labute approximate surface area is 202 Å². The van der Waals surface area contributed by atoms with E-state index in [1.165, 1.54) is 15.3 Å². The Morgan fingerprint density at radius 3 is 2.69 bits per heavy atom. The fourth-order valence-electron chi connectivity index (χ4n) is 3.64. The summed E-state index contributed by atoms with van der Waals surface area (Å²) in [5, 5.41) is 7.41. The number of fused-ring (bicyclic) bond motifs is 2. The molecule has 0 radical (unpaired) electrons. The third-order valence-electron chi connectivity index (χ3n) is 5.21. The van der Waals surface area contributed by atoms with Crippen molar-refractivity contribution < 1.29 is 13.6 Å². The van der Waals surface area contributed by atoms with Crippen molar-refractivity contribution in [3.8, 4) is 5.69 Å². The molecule has 1 aliphatic rings. The smallest absolute Gasteiger partial charge is 0.267 e. The number of nitrogens with two attached hydrogens (primary N) is 2. The lowest BCUT2D eigenvalue weighted by molar-refractivity contribution is 0.100. The number of benzene rings is 2. The lowest BCUT2D eigenvalue weighted by atomic mass is 10.2. The number of halogens is 3. The van der Waals surface area contributed by atoms with Gasteiger partial charge in [-0.15, -0.1) is 5.10 Å². The van der Waals surface area contributed by atoms with Crippen molar-refractivity contribution >= 4 is 46.2 Å². The standard InChI is InChI=1S/C16H11ClF2N2O.C7H9N5O/c1-2-14-20-13-5-3-4-10(17)15(13)16(22)21(14)9-6-7-11(18)12(19)8-9;8-5-4(6(9)13)7-10-2-1-3-12(7)11-5/h3-8H,2H2,1H3;1,3,10H,2H2,(H2,8,11)(H2,9,13). The molecule has 0 bridgehead atoms. The summed E-state index contributed by atoms with van der Waals surface area (Å²) in [7, 11) is 0. The van der Waals surface area contributed by atoms with Crippen LogP contribution in [0.15, 0.2) is 47.3 Å². The molecule has 2 aromatic heterocycles. The SMILES string of the molecule is CCc1nc2cccc(Cl)c2c(=O)n1-c1ccc(F)c(F)c1.NC(=O)c1c(N)nn2c1NCC=C2. The molecule has 12 heteroatoms. The van der Waals surface area contributed by atoms with E-state index in [0.29, 0.717) is 30.1 Å². The van der Waals surface area contributed by atoms with E-state index >= 15 is 0 Å². The van der Waals surface area contributed by atoms with Gasteiger partial charge in [-0.05, 0) is 30.3 Å². The van der Waals surface area contributed by atoms with E-state index in [2.05, 4.69) is 15.4 Å². The number of hydrogen-bond donors (Lipinski definition) is 3. The normalized spacial score (nSPS) is 12.0. The first-order valence-electron chi connectivity index (χ1n) is 10.5. The van der Waals surface area contributed by atoms with Crippen LogP contribution in [0.2, 0.25) is 5.02 Å². The first-order chi connectivity index (χ1) is 16.7. The fourth-order valence-corrected chi connectivity index (χ4v) is 3.89. The Morgan fingerprint density at radius 2 is 2.00 bits per heavy atom. The molecular weight excluding hydrogens is 480 g/mol. The molecule has 0 atom stereocenters. The molecule has 2 aromatic carbocycles. The second-order valence-corrected chi connectivity index (χ2v) is 7.85. The summed E-state index contributed by atoms with van der Waals surface area (Å²) in [5.74, 6) is -1.39. The highest BCUT2D eigenvalue weighted by Gasteiger charge is 2.20. The van der Waals surface area contributed by atoms with Crippen molar-refractivity contribution in [3.05, 3.63) is 80.9 Å². The van der Waals surface area contributed by atoms with Gasteiger partial charge < -0.3 is 16.8 Å². The maximum atomic E-state index is 13.5. The number of anilines is 2. The van der Waals surface area contributed by atoms with E-state index < -0.39 is 23.1 Å². The van der Waals surface area contributed by atoms with E-state index in [-0.39, 0.29) is 27.5 Å². The van der Waals surface area contributed by atoms with Gasteiger partial charge in [0, 0.05) is 25.2 Å². The van der Waals surface area contributed by atoms with Gasteiger partial charge in [-0.25, -0.2) is 18.4 Å². The fraction of sp³-hybridized carbons (Fsp3) is 0.130. The Hall–Kier alpha value is -4.25. The molecule has 0 unspecified atom stereocenters. The predicted molar refractivity (Wildman–Crippen MR) is 131 cm³/mol. The van der Waals surface area contributed by atoms with Gasteiger partial charge >= 0.3 is 0 Å². The van der Waals surface area contributed by atoms with Crippen LogP contribution in [-0.2, 0) is 6.42 Å². The molecule has 9 nitrogen and oxygen atoms in total. The number of aryl methyl sites for hydroxylation is 1. The van der Waals surface area contributed by atoms with Crippen LogP contribution >= 0.6 is 11.6 Å². The summed E-state index contributed by atoms with van der Waals surface area (Å²) in [5.41, 5.74) is 11.2. The number of rotatable bonds is 3. The molecule has 0 spiro atoms. The Kier molecular flexibility index (Phi) is 6.52. The van der Waals surface area contributed by atoms with Crippen molar-refractivity contribution in [3.63, 3.8) is 0 Å². The lowest BCUT2D eigenvalue weighted by Crippen LogP contribution is -2.24. The number of carbonyl (C=O) groups is 1. The van der Waals surface area contributed by atoms with E-state index in [4.69, 9.17) is 23.1 Å². The Morgan fingerprint density at radius 1 is 1.23 bits per heavy atom. The van der Waals surface area contributed by atoms with Crippen molar-refractivity contribution in [1.29, 1.82) is 0 Å². The monoisotopic (exact) mass is 499 g/mol. The lowest BCUT2D eigenvalue weighted by Gasteiger charge is -2.13. The molecule has 0 saturated heterocycles. The molecule has 180 valence electrons. The summed E-state index contributed by atoms with van der Waals surface area (Å²) < 4.78 is 29.4. The minimum atomic E-state index is -1.02. The van der Waals surface area contributed by atoms with Crippen LogP contribution in [-0.4, -0.2) is 31.8 Å². The minimum Gasteiger partial charge on any atom is -0.381 e. The highest BCUT2D eigenvalue weighted by atomic mass is 35.5. The van der Waals surface area contributed by atoms with Crippen molar-refractivity contribution in [2.24, 2.45) is 5.73 Å². The summed E-state index contributed by atoms with van der Waals surface area (Å²) in [6, 6.07) is 8.28. The molecule has 0 saturated carbocycles. The predicted octanol–water partition coefficient (Wildman–Crippen LogP) is 3.34. The summed E-state index contributed by atoms with van der Waals surface area (Å²) in [6.07, 6.45) is 4.05. The maximum Gasteiger partial charge on any atom is 0.267 e. The summed E-state index contributed by atoms with van der Waals surface area (Å²) in [6.45, 7) is 2.47. The molecule has 3 heterocycles. The van der Waals surface area contributed by atoms with Gasteiger partial charge in [0.15, 0.2) is 17.5 Å². The van der Waals surface area contributed by atoms with Gasteiger partial charge in [0.25, 0.3) is 11.5 Å². The van der Waals surface area contributed by atoms with Crippen LogP contribution in [0.3, 0.4) is 0 Å². The second kappa shape index (κ2) is 9.55. The molecule has 5 rings (SSSR count). The third kappa shape index (κ3) is 4.45. The zero-order chi connectivity index (χ0) is 25.3. The van der Waals surface area contributed by atoms with Gasteiger partial charge in [-0.3, -0.25) is 14.2 Å². The number of aromatic nitrogens is 4. The molecule has 0 aliphatic carbocycles. The van der Waals surface area contributed by atoms with Crippen molar-refractivity contribution in [1.82, 2.24) is 19.3 Å². The second-order valence-electron chi connectivity index (χ2n) is 7.44. The van der Waals surface area contributed by atoms with Crippen LogP contribution in [0.25, 0.3) is 22.8 Å². The highest BCUT2D eigenvalue weighted by Crippen LogP contribution is 2.23. The van der Waals surface area contributed by atoms with Crippen LogP contribution in [0, 0.1) is 11.6 Å². The van der Waals surface area contributed by atoms with Gasteiger partial charge in [-0.2, -0.15) is 0 Å². The molecule has 4 aromatic rings. The molecular formula is C23H20ClF2N7O2. The zero-order valence-electron chi connectivity index (χ0n) is 18.4. The number of carbonyl (C=O) groups excluding carboxylic acids is 1. The van der Waals surface area contributed by atoms with Gasteiger partial charge in [0.1, 0.15) is 17.2 Å². The molecule has 0 fully saturated rings. The van der Waals surface area contributed by atoms with Gasteiger partial charge in [-0.1, -0.05) is 24.6 Å². The van der Waals surface area contributed by atoms with Crippen molar-refractivity contribution in [2.75, 3.05) is 17.6 Å². The minimum absolute atomic E-state index is 0.154. The molecule has 35 heavy (non-hydrogen) atoms. The summed E-state index contributed by atoms with van der Waals surface area (Å²) in [4.78, 5) is 28.1. The topological polar surface area (TPSA) is 134 Å². The Balaban J connectivity index is 0.000000189. The highest BCUT2D eigenvalue weighted by molar-refractivity contribution is 6.35. The number of hydrogen-bond acceptors (Lipinski definition) is 6. The molecule has 1 aliphatic heterocycles. The first-order valence-corrected chi connectivity index (χ1v) is 10.8. The van der Waals surface area contributed by atoms with E-state index in [1.54, 1.807) is 24.4 Å². The number of nitrogens with zero attached hydrogens (tertiary/aromatic N) is 4. The Bertz CT molecular complexity index is 1550. The van der Waals surface area contributed by atoms with Crippen molar-refractivity contribution in [2.45, 2.75) is 13.3 Å². The van der Waals surface area contributed by atoms with E-state index in [0.717, 1.165) is 12.1 Å². The third-order valence-corrected chi connectivity index (χ3v) is 5.53. The largest absolute Gasteiger partial charge is 0.381 e. The average Bonchev–Trinajstić information content (AvgIpc) is 3.17. The van der Waals surface area contributed by atoms with Crippen LogP contribution in [0.5, 0.6) is 0 Å². The van der Waals surface area contributed by atoms with Crippen LogP contribution in [0.1, 0.15) is 23.1 Å². The number of nitrogens with one attached hydrogen (secondary N) is 1. The zero-order valence-corrected chi connectivity index (χ0v) is 19.2. The quantitative estimate of drug-likeness (QED) is 0.396. The van der Waals surface area contributed by atoms with Gasteiger partial charge in [0.2, 0.25) is 0 Å². The first kappa shape index (κ1) is 23.9. The summed E-state index contributed by atoms with van der Waals surface area (Å²) >= 11 is 6.09. The molecule has 5 N–H and O–H groups in total. The van der Waals surface area contributed by atoms with Crippen LogP contribution in [0.4, 0.5) is 20.4 Å².